The van der Waals surface area contributed by atoms with Crippen LogP contribution in [0.25, 0.3) is 10.9 Å². The van der Waals surface area contributed by atoms with Crippen LogP contribution in [0.3, 0.4) is 0 Å². The molecule has 0 aliphatic heterocycles. The molecule has 1 heterocycles. The number of carboxylic acids is 1. The predicted octanol–water partition coefficient (Wildman–Crippen LogP) is 5.09. The molecule has 1 atom stereocenters. The molecule has 0 amide bonds. The molecule has 0 fully saturated rings. The summed E-state index contributed by atoms with van der Waals surface area (Å²) in [6, 6.07) is 8.37. The number of hydrogen-bond acceptors (Lipinski definition) is 4. The number of alkyl halides is 2. The second-order valence-corrected chi connectivity index (χ2v) is 7.01. The number of hydrogen-bond donors (Lipinski definition) is 1. The second-order valence-electron chi connectivity index (χ2n) is 6.61. The first kappa shape index (κ1) is 21.6. The van der Waals surface area contributed by atoms with E-state index in [-0.39, 0.29) is 16.3 Å². The number of carbonyl (C=O) groups excluding carboxylic acids is 1. The van der Waals surface area contributed by atoms with Crippen LogP contribution in [-0.4, -0.2) is 35.3 Å². The molecule has 1 N–H and O–H groups in total. The van der Waals surface area contributed by atoms with Gasteiger partial charge >= 0.3 is 12.6 Å². The van der Waals surface area contributed by atoms with Crippen molar-refractivity contribution in [3.05, 3.63) is 58.2 Å². The van der Waals surface area contributed by atoms with Crippen LogP contribution >= 0.6 is 11.6 Å². The minimum absolute atomic E-state index is 0.0800. The van der Waals surface area contributed by atoms with Crippen LogP contribution in [0.4, 0.5) is 8.78 Å². The van der Waals surface area contributed by atoms with Crippen molar-refractivity contribution < 1.29 is 33.0 Å². The average Bonchev–Trinajstić information content (AvgIpc) is 2.96. The number of rotatable bonds is 6. The molecule has 0 aliphatic carbocycles. The van der Waals surface area contributed by atoms with Gasteiger partial charge in [0.05, 0.1) is 23.6 Å². The third-order valence-electron chi connectivity index (χ3n) is 4.86. The van der Waals surface area contributed by atoms with Gasteiger partial charge in [0.15, 0.2) is 0 Å². The van der Waals surface area contributed by atoms with Crippen LogP contribution < -0.4 is 9.47 Å². The van der Waals surface area contributed by atoms with Gasteiger partial charge in [0.1, 0.15) is 11.5 Å². The summed E-state index contributed by atoms with van der Waals surface area (Å²) in [5.41, 5.74) is 1.51. The molecular formula is C21H18ClF2NO5. The molecule has 0 spiro atoms. The van der Waals surface area contributed by atoms with Crippen molar-refractivity contribution in [1.82, 2.24) is 4.57 Å². The highest BCUT2D eigenvalue weighted by atomic mass is 35.5. The highest BCUT2D eigenvalue weighted by Gasteiger charge is 2.27. The van der Waals surface area contributed by atoms with Crippen molar-refractivity contribution >= 4 is 34.4 Å². The van der Waals surface area contributed by atoms with Crippen molar-refractivity contribution in [2.75, 3.05) is 7.11 Å². The van der Waals surface area contributed by atoms with Crippen LogP contribution in [0.1, 0.15) is 34.5 Å². The van der Waals surface area contributed by atoms with Gasteiger partial charge < -0.3 is 14.6 Å². The van der Waals surface area contributed by atoms with E-state index in [1.807, 2.05) is 0 Å². The van der Waals surface area contributed by atoms with Crippen molar-refractivity contribution in [1.29, 1.82) is 0 Å². The molecule has 1 unspecified atom stereocenters. The zero-order valence-corrected chi connectivity index (χ0v) is 17.0. The number of benzene rings is 2. The number of nitrogens with zero attached hydrogens (tertiary/aromatic N) is 1. The fourth-order valence-electron chi connectivity index (χ4n) is 3.44. The summed E-state index contributed by atoms with van der Waals surface area (Å²) in [5.74, 6) is -2.14. The Balaban J connectivity index is 2.19. The van der Waals surface area contributed by atoms with Gasteiger partial charge in [-0.1, -0.05) is 11.6 Å². The van der Waals surface area contributed by atoms with Gasteiger partial charge in [0.25, 0.3) is 5.91 Å². The number of fused-ring (bicyclic) bond motifs is 1. The van der Waals surface area contributed by atoms with Crippen molar-refractivity contribution in [2.24, 2.45) is 0 Å². The van der Waals surface area contributed by atoms with Gasteiger partial charge in [-0.05, 0) is 55.8 Å². The second kappa shape index (κ2) is 8.31. The molecule has 2 aromatic carbocycles. The number of halogens is 3. The Kier molecular flexibility index (Phi) is 5.98. The third kappa shape index (κ3) is 3.82. The topological polar surface area (TPSA) is 77.8 Å². The van der Waals surface area contributed by atoms with Crippen LogP contribution in [0.15, 0.2) is 36.4 Å². The molecule has 0 saturated heterocycles. The molecule has 0 aliphatic rings. The molecule has 9 heteroatoms. The van der Waals surface area contributed by atoms with Gasteiger partial charge in [-0.15, -0.1) is 0 Å². The Morgan fingerprint density at radius 2 is 1.80 bits per heavy atom. The first-order valence-electron chi connectivity index (χ1n) is 8.86. The van der Waals surface area contributed by atoms with Crippen LogP contribution in [0.5, 0.6) is 11.5 Å². The molecule has 30 heavy (non-hydrogen) atoms. The van der Waals surface area contributed by atoms with E-state index in [9.17, 15) is 23.5 Å². The fraction of sp³-hybridized carbons (Fsp3) is 0.238. The van der Waals surface area contributed by atoms with Gasteiger partial charge in [-0.3, -0.25) is 14.2 Å². The Morgan fingerprint density at radius 1 is 1.17 bits per heavy atom. The van der Waals surface area contributed by atoms with Gasteiger partial charge in [-0.2, -0.15) is 8.78 Å². The molecule has 1 aromatic heterocycles. The lowest BCUT2D eigenvalue weighted by Crippen LogP contribution is -2.15. The van der Waals surface area contributed by atoms with Crippen molar-refractivity contribution in [3.63, 3.8) is 0 Å². The molecule has 0 radical (unpaired) electrons. The van der Waals surface area contributed by atoms with Crippen LogP contribution in [0.2, 0.25) is 5.02 Å². The maximum absolute atomic E-state index is 13.2. The first-order chi connectivity index (χ1) is 14.1. The first-order valence-corrected chi connectivity index (χ1v) is 9.24. The lowest BCUT2D eigenvalue weighted by molar-refractivity contribution is -0.138. The van der Waals surface area contributed by atoms with E-state index in [0.29, 0.717) is 27.9 Å². The number of carbonyl (C=O) groups is 2. The van der Waals surface area contributed by atoms with Gasteiger partial charge in [0.2, 0.25) is 0 Å². The van der Waals surface area contributed by atoms with E-state index in [1.54, 1.807) is 13.0 Å². The lowest BCUT2D eigenvalue weighted by atomic mass is 9.98. The summed E-state index contributed by atoms with van der Waals surface area (Å²) < 4.78 is 35.6. The number of aromatic nitrogens is 1. The van der Waals surface area contributed by atoms with E-state index >= 15 is 0 Å². The fourth-order valence-corrected chi connectivity index (χ4v) is 3.67. The summed E-state index contributed by atoms with van der Waals surface area (Å²) in [6.07, 6.45) is 0. The predicted molar refractivity (Wildman–Crippen MR) is 107 cm³/mol. The quantitative estimate of drug-likeness (QED) is 0.581. The third-order valence-corrected chi connectivity index (χ3v) is 5.15. The van der Waals surface area contributed by atoms with E-state index in [4.69, 9.17) is 16.3 Å². The average molecular weight is 438 g/mol. The number of ether oxygens (including phenoxy) is 2. The highest BCUT2D eigenvalue weighted by molar-refractivity contribution is 6.33. The SMILES string of the molecule is COc1cc2c(C(C)C(=O)O)c(C)n(C(=O)c3ccc(OC(F)F)cc3)c2cc1Cl. The molecule has 6 nitrogen and oxygen atoms in total. The summed E-state index contributed by atoms with van der Waals surface area (Å²) >= 11 is 6.25. The van der Waals surface area contributed by atoms with E-state index in [1.165, 1.54) is 48.9 Å². The molecule has 3 aromatic rings. The lowest BCUT2D eigenvalue weighted by Gasteiger charge is -2.10. The van der Waals surface area contributed by atoms with E-state index in [2.05, 4.69) is 4.74 Å². The molecule has 158 valence electrons. The minimum atomic E-state index is -2.97. The minimum Gasteiger partial charge on any atom is -0.495 e. The van der Waals surface area contributed by atoms with E-state index < -0.39 is 24.4 Å². The maximum atomic E-state index is 13.2. The summed E-state index contributed by atoms with van der Waals surface area (Å²) in [4.78, 5) is 24.9. The summed E-state index contributed by atoms with van der Waals surface area (Å²) in [7, 11) is 1.44. The zero-order valence-electron chi connectivity index (χ0n) is 16.3. The van der Waals surface area contributed by atoms with Crippen molar-refractivity contribution in [3.8, 4) is 11.5 Å². The van der Waals surface area contributed by atoms with Gasteiger partial charge in [-0.25, -0.2) is 0 Å². The monoisotopic (exact) mass is 437 g/mol. The number of carboxylic acid groups (broad SMARTS) is 1. The summed E-state index contributed by atoms with van der Waals surface area (Å²) in [5, 5.41) is 10.3. The maximum Gasteiger partial charge on any atom is 0.387 e. The molecule has 0 saturated carbocycles. The molecular weight excluding hydrogens is 420 g/mol. The Morgan fingerprint density at radius 3 is 2.33 bits per heavy atom. The normalized spacial score (nSPS) is 12.2. The molecule has 3 rings (SSSR count). The standard InChI is InChI=1S/C21H18ClF2NO5/c1-10(20(27)28)18-11(2)25(16-9-15(22)17(29-3)8-14(16)18)19(26)12-4-6-13(7-5-12)30-21(23)24/h4-10,21H,1-3H3,(H,27,28). The van der Waals surface area contributed by atoms with Crippen LogP contribution in [-0.2, 0) is 4.79 Å². The van der Waals surface area contributed by atoms with E-state index in [0.717, 1.165) is 0 Å². The Labute approximate surface area is 175 Å². The van der Waals surface area contributed by atoms with Crippen LogP contribution in [0, 0.1) is 6.92 Å². The van der Waals surface area contributed by atoms with Crippen molar-refractivity contribution in [2.45, 2.75) is 26.4 Å². The highest BCUT2D eigenvalue weighted by Crippen LogP contribution is 2.38. The largest absolute Gasteiger partial charge is 0.495 e. The molecule has 0 bridgehead atoms. The Bertz CT molecular complexity index is 1120. The smallest absolute Gasteiger partial charge is 0.387 e. The van der Waals surface area contributed by atoms with Gasteiger partial charge in [0, 0.05) is 16.6 Å². The zero-order chi connectivity index (χ0) is 22.2. The number of aliphatic carboxylic acids is 1. The summed E-state index contributed by atoms with van der Waals surface area (Å²) in [6.45, 7) is 0.192. The Hall–Kier alpha value is -3.13. The number of methoxy groups -OCH3 is 1.